The second-order valence-electron chi connectivity index (χ2n) is 6.30. The molecule has 0 aliphatic heterocycles. The van der Waals surface area contributed by atoms with Crippen LogP contribution < -0.4 is 5.43 Å². The number of nitrogens with one attached hydrogen (secondary N) is 2. The molecule has 0 fully saturated rings. The lowest BCUT2D eigenvalue weighted by Crippen LogP contribution is -2.17. The number of nitrogens with zero attached hydrogens (tertiary/aromatic N) is 2. The summed E-state index contributed by atoms with van der Waals surface area (Å²) in [5, 5.41) is 24.4. The quantitative estimate of drug-likeness (QED) is 0.380. The number of fused-ring (bicyclic) bond motifs is 1. The fourth-order valence-corrected chi connectivity index (χ4v) is 2.93. The topological polar surface area (TPSA) is 111 Å². The van der Waals surface area contributed by atoms with E-state index >= 15 is 0 Å². The Labute approximate surface area is 156 Å². The van der Waals surface area contributed by atoms with Gasteiger partial charge in [-0.3, -0.25) is 9.78 Å². The van der Waals surface area contributed by atoms with Crippen molar-refractivity contribution in [3.8, 4) is 5.75 Å². The van der Waals surface area contributed by atoms with Gasteiger partial charge in [-0.2, -0.15) is 5.10 Å². The first-order chi connectivity index (χ1) is 13.1. The lowest BCUT2D eigenvalue weighted by Gasteiger charge is -2.07. The van der Waals surface area contributed by atoms with Crippen LogP contribution in [0.1, 0.15) is 35.2 Å². The van der Waals surface area contributed by atoms with Crippen molar-refractivity contribution >= 4 is 23.0 Å². The van der Waals surface area contributed by atoms with Crippen LogP contribution in [0.25, 0.3) is 10.9 Å². The van der Waals surface area contributed by atoms with Gasteiger partial charge in [-0.1, -0.05) is 18.2 Å². The van der Waals surface area contributed by atoms with Crippen molar-refractivity contribution in [2.24, 2.45) is 5.10 Å². The third kappa shape index (κ3) is 4.32. The van der Waals surface area contributed by atoms with E-state index in [1.807, 2.05) is 24.4 Å². The van der Waals surface area contributed by atoms with Crippen LogP contribution >= 0.6 is 0 Å². The van der Waals surface area contributed by atoms with E-state index < -0.39 is 0 Å². The van der Waals surface area contributed by atoms with Gasteiger partial charge >= 0.3 is 0 Å². The van der Waals surface area contributed by atoms with E-state index in [-0.39, 0.29) is 18.3 Å². The number of aliphatic hydroxyl groups excluding tert-OH is 1. The van der Waals surface area contributed by atoms with Crippen molar-refractivity contribution in [1.29, 1.82) is 0 Å². The Morgan fingerprint density at radius 1 is 1.33 bits per heavy atom. The Balaban J connectivity index is 1.53. The largest absolute Gasteiger partial charge is 0.505 e. The van der Waals surface area contributed by atoms with Crippen LogP contribution in [0.5, 0.6) is 5.75 Å². The predicted molar refractivity (Wildman–Crippen MR) is 104 cm³/mol. The summed E-state index contributed by atoms with van der Waals surface area (Å²) in [6, 6.07) is 8.07. The number of carbonyl (C=O) groups excluding carboxylic acids is 1. The second kappa shape index (κ2) is 8.46. The number of aromatic hydroxyl groups is 1. The minimum Gasteiger partial charge on any atom is -0.505 e. The minimum absolute atomic E-state index is 0.0566. The van der Waals surface area contributed by atoms with Crippen LogP contribution in [0, 0.1) is 6.92 Å². The molecule has 0 unspecified atom stereocenters. The average molecular weight is 366 g/mol. The molecule has 7 nitrogen and oxygen atoms in total. The number of aromatic nitrogens is 2. The second-order valence-corrected chi connectivity index (χ2v) is 6.30. The van der Waals surface area contributed by atoms with Crippen molar-refractivity contribution in [2.75, 3.05) is 0 Å². The molecular formula is C20H22N4O3. The molecule has 2 aromatic heterocycles. The fraction of sp³-hybridized carbons (Fsp3) is 0.250. The molecular weight excluding hydrogens is 344 g/mol. The summed E-state index contributed by atoms with van der Waals surface area (Å²) in [6.45, 7) is 1.37. The van der Waals surface area contributed by atoms with Gasteiger partial charge in [-0.05, 0) is 31.4 Å². The molecule has 3 rings (SSSR count). The van der Waals surface area contributed by atoms with Gasteiger partial charge in [0.2, 0.25) is 5.91 Å². The Morgan fingerprint density at radius 3 is 2.96 bits per heavy atom. The van der Waals surface area contributed by atoms with E-state index in [2.05, 4.69) is 26.6 Å². The van der Waals surface area contributed by atoms with Gasteiger partial charge in [0.1, 0.15) is 5.75 Å². The van der Waals surface area contributed by atoms with Crippen LogP contribution in [0.2, 0.25) is 0 Å². The molecule has 7 heteroatoms. The van der Waals surface area contributed by atoms with Gasteiger partial charge in [0.25, 0.3) is 0 Å². The maximum Gasteiger partial charge on any atom is 0.240 e. The number of hydrogen-bond donors (Lipinski definition) is 4. The molecule has 0 radical (unpaired) electrons. The van der Waals surface area contributed by atoms with Crippen molar-refractivity contribution in [1.82, 2.24) is 15.4 Å². The Bertz CT molecular complexity index is 979. The Hall–Kier alpha value is -3.19. The number of carbonyl (C=O) groups is 1. The lowest BCUT2D eigenvalue weighted by atomic mass is 10.1. The summed E-state index contributed by atoms with van der Waals surface area (Å²) in [5.41, 5.74) is 5.95. The molecule has 4 N–H and O–H groups in total. The van der Waals surface area contributed by atoms with Gasteiger partial charge < -0.3 is 15.2 Å². The Morgan fingerprint density at radius 2 is 2.15 bits per heavy atom. The van der Waals surface area contributed by atoms with Crippen LogP contribution in [0.3, 0.4) is 0 Å². The lowest BCUT2D eigenvalue weighted by molar-refractivity contribution is -0.121. The normalized spacial score (nSPS) is 11.3. The van der Waals surface area contributed by atoms with Crippen LogP contribution in [-0.4, -0.2) is 32.3 Å². The van der Waals surface area contributed by atoms with Gasteiger partial charge in [0, 0.05) is 40.8 Å². The summed E-state index contributed by atoms with van der Waals surface area (Å²) in [7, 11) is 0. The van der Waals surface area contributed by atoms with E-state index in [0.717, 1.165) is 11.9 Å². The zero-order valence-electron chi connectivity index (χ0n) is 15.1. The van der Waals surface area contributed by atoms with Crippen molar-refractivity contribution in [3.63, 3.8) is 0 Å². The van der Waals surface area contributed by atoms with Gasteiger partial charge in [-0.25, -0.2) is 5.43 Å². The molecule has 0 saturated carbocycles. The third-order valence-corrected chi connectivity index (χ3v) is 4.44. The summed E-state index contributed by atoms with van der Waals surface area (Å²) < 4.78 is 0. The zero-order valence-corrected chi connectivity index (χ0v) is 15.1. The fourth-order valence-electron chi connectivity index (χ4n) is 2.93. The van der Waals surface area contributed by atoms with Gasteiger partial charge in [0.05, 0.1) is 18.5 Å². The molecule has 0 spiro atoms. The number of hydrogen-bond acceptors (Lipinski definition) is 5. The monoisotopic (exact) mass is 366 g/mol. The van der Waals surface area contributed by atoms with Gasteiger partial charge in [-0.15, -0.1) is 0 Å². The van der Waals surface area contributed by atoms with Crippen LogP contribution in [0.15, 0.2) is 41.8 Å². The Kier molecular flexibility index (Phi) is 5.83. The number of aliphatic hydroxyl groups is 1. The number of hydrazone groups is 1. The molecule has 0 aliphatic rings. The molecule has 1 aromatic carbocycles. The highest BCUT2D eigenvalue weighted by Crippen LogP contribution is 2.22. The highest BCUT2D eigenvalue weighted by Gasteiger charge is 2.10. The molecule has 0 saturated heterocycles. The van der Waals surface area contributed by atoms with Gasteiger partial charge in [0.15, 0.2) is 0 Å². The molecule has 27 heavy (non-hydrogen) atoms. The maximum atomic E-state index is 12.0. The predicted octanol–water partition coefficient (Wildman–Crippen LogP) is 2.54. The number of para-hydroxylation sites is 1. The molecule has 3 aromatic rings. The number of aryl methyl sites for hydroxylation is 2. The third-order valence-electron chi connectivity index (χ3n) is 4.44. The first kappa shape index (κ1) is 18.6. The van der Waals surface area contributed by atoms with Crippen LogP contribution in [-0.2, 0) is 17.8 Å². The van der Waals surface area contributed by atoms with Crippen molar-refractivity contribution < 1.29 is 15.0 Å². The molecule has 0 bridgehead atoms. The number of benzene rings is 1. The van der Waals surface area contributed by atoms with Crippen molar-refractivity contribution in [3.05, 3.63) is 59.0 Å². The molecule has 0 atom stereocenters. The summed E-state index contributed by atoms with van der Waals surface area (Å²) >= 11 is 0. The smallest absolute Gasteiger partial charge is 0.240 e. The van der Waals surface area contributed by atoms with E-state index in [0.29, 0.717) is 29.7 Å². The summed E-state index contributed by atoms with van der Waals surface area (Å²) in [4.78, 5) is 19.2. The number of rotatable bonds is 7. The maximum absolute atomic E-state index is 12.0. The first-order valence-corrected chi connectivity index (χ1v) is 8.75. The van der Waals surface area contributed by atoms with Crippen molar-refractivity contribution in [2.45, 2.75) is 32.8 Å². The van der Waals surface area contributed by atoms with E-state index in [1.54, 1.807) is 6.92 Å². The molecule has 0 aliphatic carbocycles. The summed E-state index contributed by atoms with van der Waals surface area (Å²) in [5.74, 6) is -0.263. The number of aromatic amines is 1. The van der Waals surface area contributed by atoms with E-state index in [9.17, 15) is 15.0 Å². The minimum atomic E-state index is -0.277. The SMILES string of the molecule is Cc1ncc(CO)c(C=NNC(=O)CCCc2c[nH]c3ccccc23)c1O. The van der Waals surface area contributed by atoms with Crippen LogP contribution in [0.4, 0.5) is 0 Å². The highest BCUT2D eigenvalue weighted by atomic mass is 16.3. The number of H-pyrrole nitrogens is 1. The molecule has 2 heterocycles. The standard InChI is InChI=1S/C20H22N4O3/c1-13-20(27)17(15(12-25)10-21-13)11-23-24-19(26)8-4-5-14-9-22-18-7-3-2-6-16(14)18/h2-3,6-7,9-11,22,25,27H,4-5,8,12H2,1H3,(H,24,26). The average Bonchev–Trinajstić information content (AvgIpc) is 3.08. The molecule has 1 amide bonds. The zero-order chi connectivity index (χ0) is 19.2. The van der Waals surface area contributed by atoms with E-state index in [4.69, 9.17) is 0 Å². The summed E-state index contributed by atoms with van der Waals surface area (Å²) in [6.07, 6.45) is 6.61. The first-order valence-electron chi connectivity index (χ1n) is 8.75. The van der Waals surface area contributed by atoms with E-state index in [1.165, 1.54) is 23.4 Å². The molecule has 140 valence electrons. The number of pyridine rings is 1. The highest BCUT2D eigenvalue weighted by molar-refractivity contribution is 5.87. The number of amides is 1.